The van der Waals surface area contributed by atoms with Gasteiger partial charge in [0.25, 0.3) is 0 Å². The number of ether oxygens (including phenoxy) is 1. The Balaban J connectivity index is 4.49. The highest BCUT2D eigenvalue weighted by atomic mass is 16.6. The third kappa shape index (κ3) is 7.49. The smallest absolute Gasteiger partial charge is 0.408 e. The average Bonchev–Trinajstić information content (AvgIpc) is 2.21. The number of carboxylic acid groups (broad SMARTS) is 1. The van der Waals surface area contributed by atoms with Crippen molar-refractivity contribution in [3.05, 3.63) is 12.7 Å². The summed E-state index contributed by atoms with van der Waals surface area (Å²) < 4.78 is 5.08. The quantitative estimate of drug-likeness (QED) is 0.551. The van der Waals surface area contributed by atoms with Crippen molar-refractivity contribution in [2.24, 2.45) is 0 Å². The van der Waals surface area contributed by atoms with Gasteiger partial charge in [-0.2, -0.15) is 0 Å². The van der Waals surface area contributed by atoms with Gasteiger partial charge >= 0.3 is 12.1 Å². The van der Waals surface area contributed by atoms with Gasteiger partial charge in [0, 0.05) is 0 Å². The lowest BCUT2D eigenvalue weighted by Gasteiger charge is -2.28. The van der Waals surface area contributed by atoms with Crippen LogP contribution in [0.4, 0.5) is 4.79 Å². The van der Waals surface area contributed by atoms with E-state index >= 15 is 0 Å². The Morgan fingerprint density at radius 1 is 1.26 bits per heavy atom. The molecule has 0 aromatic heterocycles. The normalized spacial score (nSPS) is 14.3. The standard InChI is InChI=1S/C14H25NO4/c1-6-7-8-9-10-14(5,11(16)17)15-12(18)19-13(2,3)4/h6H,1,7-10H2,2-5H3,(H,15,18)(H,16,17)/t14-/m0/s1. The zero-order valence-corrected chi connectivity index (χ0v) is 12.3. The summed E-state index contributed by atoms with van der Waals surface area (Å²) in [5.74, 6) is -1.06. The van der Waals surface area contributed by atoms with Crippen LogP contribution in [0.15, 0.2) is 12.7 Å². The fourth-order valence-electron chi connectivity index (χ4n) is 1.52. The molecule has 0 aliphatic carbocycles. The number of carbonyl (C=O) groups is 2. The number of hydrogen-bond donors (Lipinski definition) is 2. The summed E-state index contributed by atoms with van der Waals surface area (Å²) in [6.07, 6.45) is 3.82. The van der Waals surface area contributed by atoms with Crippen LogP contribution in [0.3, 0.4) is 0 Å². The van der Waals surface area contributed by atoms with Crippen molar-refractivity contribution in [3.63, 3.8) is 0 Å². The van der Waals surface area contributed by atoms with Gasteiger partial charge in [0.2, 0.25) is 0 Å². The number of aliphatic carboxylic acids is 1. The molecular formula is C14H25NO4. The average molecular weight is 271 g/mol. The maximum absolute atomic E-state index is 11.7. The number of amides is 1. The molecule has 19 heavy (non-hydrogen) atoms. The third-order valence-corrected chi connectivity index (χ3v) is 2.58. The Hall–Kier alpha value is -1.52. The zero-order valence-electron chi connectivity index (χ0n) is 12.3. The minimum absolute atomic E-state index is 0.357. The number of rotatable bonds is 7. The van der Waals surface area contributed by atoms with Gasteiger partial charge in [0.1, 0.15) is 11.1 Å². The van der Waals surface area contributed by atoms with Gasteiger partial charge in [0.15, 0.2) is 0 Å². The molecule has 0 bridgehead atoms. The molecule has 0 radical (unpaired) electrons. The fraction of sp³-hybridized carbons (Fsp3) is 0.714. The molecule has 5 heteroatoms. The Labute approximate surface area is 115 Å². The molecule has 0 fully saturated rings. The van der Waals surface area contributed by atoms with Gasteiger partial charge in [-0.1, -0.05) is 12.5 Å². The molecule has 0 aliphatic heterocycles. The molecule has 0 spiro atoms. The van der Waals surface area contributed by atoms with E-state index < -0.39 is 23.2 Å². The Morgan fingerprint density at radius 2 is 1.84 bits per heavy atom. The summed E-state index contributed by atoms with van der Waals surface area (Å²) in [4.78, 5) is 23.0. The molecule has 0 saturated heterocycles. The van der Waals surface area contributed by atoms with E-state index in [1.54, 1.807) is 26.8 Å². The highest BCUT2D eigenvalue weighted by molar-refractivity contribution is 5.83. The summed E-state index contributed by atoms with van der Waals surface area (Å²) in [6.45, 7) is 10.3. The van der Waals surface area contributed by atoms with Crippen LogP contribution in [-0.2, 0) is 9.53 Å². The van der Waals surface area contributed by atoms with Crippen LogP contribution in [-0.4, -0.2) is 28.3 Å². The molecule has 0 heterocycles. The largest absolute Gasteiger partial charge is 0.480 e. The monoisotopic (exact) mass is 271 g/mol. The van der Waals surface area contributed by atoms with Crippen molar-refractivity contribution in [3.8, 4) is 0 Å². The predicted octanol–water partition coefficient (Wildman–Crippen LogP) is 3.10. The lowest BCUT2D eigenvalue weighted by molar-refractivity contribution is -0.144. The van der Waals surface area contributed by atoms with E-state index in [1.165, 1.54) is 6.92 Å². The molecule has 5 nitrogen and oxygen atoms in total. The van der Waals surface area contributed by atoms with Crippen LogP contribution in [0.2, 0.25) is 0 Å². The minimum atomic E-state index is -1.30. The van der Waals surface area contributed by atoms with E-state index in [2.05, 4.69) is 11.9 Å². The van der Waals surface area contributed by atoms with Crippen molar-refractivity contribution in [1.29, 1.82) is 0 Å². The first kappa shape index (κ1) is 17.5. The Morgan fingerprint density at radius 3 is 2.26 bits per heavy atom. The van der Waals surface area contributed by atoms with Gasteiger partial charge in [-0.15, -0.1) is 6.58 Å². The Kier molecular flexibility index (Phi) is 6.59. The molecule has 0 aliphatic rings. The molecule has 0 aromatic carbocycles. The van der Waals surface area contributed by atoms with E-state index in [-0.39, 0.29) is 0 Å². The maximum atomic E-state index is 11.7. The lowest BCUT2D eigenvalue weighted by Crippen LogP contribution is -2.53. The zero-order chi connectivity index (χ0) is 15.1. The fourth-order valence-corrected chi connectivity index (χ4v) is 1.52. The predicted molar refractivity (Wildman–Crippen MR) is 74.1 cm³/mol. The highest BCUT2D eigenvalue weighted by Gasteiger charge is 2.35. The molecule has 0 unspecified atom stereocenters. The molecule has 2 N–H and O–H groups in total. The number of carbonyl (C=O) groups excluding carboxylic acids is 1. The van der Waals surface area contributed by atoms with Crippen molar-refractivity contribution in [1.82, 2.24) is 5.32 Å². The first-order valence-electron chi connectivity index (χ1n) is 6.46. The maximum Gasteiger partial charge on any atom is 0.408 e. The number of hydrogen-bond acceptors (Lipinski definition) is 3. The van der Waals surface area contributed by atoms with Crippen molar-refractivity contribution in [2.45, 2.75) is 64.5 Å². The molecule has 1 atom stereocenters. The van der Waals surface area contributed by atoms with Crippen LogP contribution >= 0.6 is 0 Å². The van der Waals surface area contributed by atoms with Gasteiger partial charge in [-0.05, 0) is 47.0 Å². The highest BCUT2D eigenvalue weighted by Crippen LogP contribution is 2.17. The van der Waals surface area contributed by atoms with Crippen LogP contribution in [0.5, 0.6) is 0 Å². The third-order valence-electron chi connectivity index (χ3n) is 2.58. The van der Waals surface area contributed by atoms with E-state index in [9.17, 15) is 14.7 Å². The summed E-state index contributed by atoms with van der Waals surface area (Å²) in [5, 5.41) is 11.7. The van der Waals surface area contributed by atoms with Crippen LogP contribution in [0.1, 0.15) is 53.4 Å². The first-order valence-corrected chi connectivity index (χ1v) is 6.46. The lowest BCUT2D eigenvalue weighted by atomic mass is 9.94. The van der Waals surface area contributed by atoms with Crippen LogP contribution < -0.4 is 5.32 Å². The van der Waals surface area contributed by atoms with Crippen molar-refractivity contribution >= 4 is 12.1 Å². The SMILES string of the molecule is C=CCCCC[C@](C)(NC(=O)OC(C)(C)C)C(=O)O. The van der Waals surface area contributed by atoms with E-state index in [1.807, 2.05) is 0 Å². The van der Waals surface area contributed by atoms with Gasteiger partial charge < -0.3 is 15.2 Å². The summed E-state index contributed by atoms with van der Waals surface area (Å²) in [5.41, 5.74) is -1.95. The summed E-state index contributed by atoms with van der Waals surface area (Å²) in [7, 11) is 0. The van der Waals surface area contributed by atoms with Crippen molar-refractivity contribution < 1.29 is 19.4 Å². The van der Waals surface area contributed by atoms with Gasteiger partial charge in [-0.3, -0.25) is 0 Å². The summed E-state index contributed by atoms with van der Waals surface area (Å²) in [6, 6.07) is 0. The van der Waals surface area contributed by atoms with E-state index in [0.717, 1.165) is 12.8 Å². The number of alkyl carbamates (subject to hydrolysis) is 1. The van der Waals surface area contributed by atoms with Gasteiger partial charge in [0.05, 0.1) is 0 Å². The van der Waals surface area contributed by atoms with E-state index in [0.29, 0.717) is 12.8 Å². The van der Waals surface area contributed by atoms with Gasteiger partial charge in [-0.25, -0.2) is 9.59 Å². The molecular weight excluding hydrogens is 246 g/mol. The second-order valence-corrected chi connectivity index (χ2v) is 5.80. The molecule has 0 aromatic rings. The topological polar surface area (TPSA) is 75.6 Å². The second kappa shape index (κ2) is 7.16. The number of allylic oxidation sites excluding steroid dienone is 1. The van der Waals surface area contributed by atoms with Crippen LogP contribution in [0, 0.1) is 0 Å². The van der Waals surface area contributed by atoms with Crippen molar-refractivity contribution in [2.75, 3.05) is 0 Å². The Bertz CT molecular complexity index is 333. The number of nitrogens with one attached hydrogen (secondary N) is 1. The molecule has 0 rings (SSSR count). The van der Waals surface area contributed by atoms with E-state index in [4.69, 9.17) is 4.74 Å². The number of carboxylic acids is 1. The summed E-state index contributed by atoms with van der Waals surface area (Å²) >= 11 is 0. The minimum Gasteiger partial charge on any atom is -0.480 e. The van der Waals surface area contributed by atoms with Crippen LogP contribution in [0.25, 0.3) is 0 Å². The molecule has 110 valence electrons. The second-order valence-electron chi connectivity index (χ2n) is 5.80. The first-order chi connectivity index (χ1) is 8.60. The molecule has 0 saturated carbocycles. The molecule has 1 amide bonds. The number of unbranched alkanes of at least 4 members (excludes halogenated alkanes) is 2.